The van der Waals surface area contributed by atoms with E-state index in [0.29, 0.717) is 13.1 Å². The van der Waals surface area contributed by atoms with E-state index in [2.05, 4.69) is 16.3 Å². The van der Waals surface area contributed by atoms with Crippen molar-refractivity contribution in [3.63, 3.8) is 0 Å². The quantitative estimate of drug-likeness (QED) is 0.848. The maximum atomic E-state index is 12.3. The number of rotatable bonds is 6. The third-order valence-electron chi connectivity index (χ3n) is 3.62. The zero-order chi connectivity index (χ0) is 16.9. The zero-order valence-electron chi connectivity index (χ0n) is 14.6. The number of carbonyl (C=O) groups excluding carboxylic acids is 1. The highest BCUT2D eigenvalue weighted by molar-refractivity contribution is 5.74. The topological polar surface area (TPSA) is 55.8 Å². The SMILES string of the molecule is Cc1cc(N(C)C)ccc1CNC(=O)N(CC(C)O)C(C)C. The average molecular weight is 307 g/mol. The van der Waals surface area contributed by atoms with Crippen LogP contribution in [-0.2, 0) is 6.54 Å². The number of nitrogens with zero attached hydrogens (tertiary/aromatic N) is 2. The number of hydrogen-bond donors (Lipinski definition) is 2. The van der Waals surface area contributed by atoms with Gasteiger partial charge in [-0.2, -0.15) is 0 Å². The molecule has 22 heavy (non-hydrogen) atoms. The van der Waals surface area contributed by atoms with Gasteiger partial charge in [-0.3, -0.25) is 0 Å². The van der Waals surface area contributed by atoms with E-state index in [1.807, 2.05) is 47.0 Å². The van der Waals surface area contributed by atoms with Gasteiger partial charge >= 0.3 is 6.03 Å². The Morgan fingerprint density at radius 1 is 1.27 bits per heavy atom. The lowest BCUT2D eigenvalue weighted by Gasteiger charge is -2.28. The van der Waals surface area contributed by atoms with E-state index < -0.39 is 6.10 Å². The fourth-order valence-corrected chi connectivity index (χ4v) is 2.24. The zero-order valence-corrected chi connectivity index (χ0v) is 14.6. The van der Waals surface area contributed by atoms with Gasteiger partial charge in [0.05, 0.1) is 6.10 Å². The van der Waals surface area contributed by atoms with Crippen LogP contribution in [0.1, 0.15) is 31.9 Å². The Labute approximate surface area is 133 Å². The monoisotopic (exact) mass is 307 g/mol. The second-order valence-corrected chi connectivity index (χ2v) is 6.26. The molecule has 1 unspecified atom stereocenters. The Bertz CT molecular complexity index is 499. The second-order valence-electron chi connectivity index (χ2n) is 6.26. The number of aliphatic hydroxyl groups is 1. The molecule has 0 aliphatic carbocycles. The van der Waals surface area contributed by atoms with Gasteiger partial charge in [0.2, 0.25) is 0 Å². The number of urea groups is 1. The Kier molecular flexibility index (Phi) is 6.68. The molecule has 1 aromatic carbocycles. The third-order valence-corrected chi connectivity index (χ3v) is 3.62. The van der Waals surface area contributed by atoms with Gasteiger partial charge in [0.1, 0.15) is 0 Å². The average Bonchev–Trinajstić information content (AvgIpc) is 2.42. The first-order valence-corrected chi connectivity index (χ1v) is 7.71. The fraction of sp³-hybridized carbons (Fsp3) is 0.588. The minimum Gasteiger partial charge on any atom is -0.392 e. The van der Waals surface area contributed by atoms with Crippen LogP contribution in [0.4, 0.5) is 10.5 Å². The molecule has 5 nitrogen and oxygen atoms in total. The molecule has 0 radical (unpaired) electrons. The van der Waals surface area contributed by atoms with Crippen molar-refractivity contribution in [1.82, 2.24) is 10.2 Å². The third kappa shape index (κ3) is 5.22. The number of nitrogens with one attached hydrogen (secondary N) is 1. The summed E-state index contributed by atoms with van der Waals surface area (Å²) in [6.07, 6.45) is -0.533. The van der Waals surface area contributed by atoms with E-state index in [-0.39, 0.29) is 12.1 Å². The fourth-order valence-electron chi connectivity index (χ4n) is 2.24. The van der Waals surface area contributed by atoms with Crippen LogP contribution >= 0.6 is 0 Å². The highest BCUT2D eigenvalue weighted by Gasteiger charge is 2.18. The highest BCUT2D eigenvalue weighted by Crippen LogP contribution is 2.17. The summed E-state index contributed by atoms with van der Waals surface area (Å²) in [4.78, 5) is 16.0. The second kappa shape index (κ2) is 8.03. The van der Waals surface area contributed by atoms with Crippen molar-refractivity contribution in [3.05, 3.63) is 29.3 Å². The molecule has 0 saturated carbocycles. The lowest BCUT2D eigenvalue weighted by atomic mass is 10.1. The van der Waals surface area contributed by atoms with E-state index in [1.165, 1.54) is 0 Å². The molecule has 2 amide bonds. The van der Waals surface area contributed by atoms with Gasteiger partial charge in [0.15, 0.2) is 0 Å². The minimum atomic E-state index is -0.533. The molecule has 0 bridgehead atoms. The van der Waals surface area contributed by atoms with Crippen molar-refractivity contribution in [2.75, 3.05) is 25.5 Å². The van der Waals surface area contributed by atoms with Crippen LogP contribution in [0.25, 0.3) is 0 Å². The summed E-state index contributed by atoms with van der Waals surface area (Å²) in [7, 11) is 4.01. The standard InChI is InChI=1S/C17H29N3O2/c1-12(2)20(11-14(4)21)17(22)18-10-15-7-8-16(19(5)6)9-13(15)3/h7-9,12,14,21H,10-11H2,1-6H3,(H,18,22). The molecule has 0 aliphatic rings. The van der Waals surface area contributed by atoms with E-state index >= 15 is 0 Å². The predicted octanol–water partition coefficient (Wildman–Crippen LogP) is 2.36. The molecule has 0 saturated heterocycles. The van der Waals surface area contributed by atoms with Gasteiger partial charge in [-0.05, 0) is 51.0 Å². The minimum absolute atomic E-state index is 0.0480. The number of anilines is 1. The molecule has 2 N–H and O–H groups in total. The molecule has 5 heteroatoms. The predicted molar refractivity (Wildman–Crippen MR) is 91.3 cm³/mol. The smallest absolute Gasteiger partial charge is 0.317 e. The molecule has 124 valence electrons. The summed E-state index contributed by atoms with van der Waals surface area (Å²) >= 11 is 0. The van der Waals surface area contributed by atoms with Gasteiger partial charge in [0.25, 0.3) is 0 Å². The molecule has 0 spiro atoms. The van der Waals surface area contributed by atoms with Crippen LogP contribution < -0.4 is 10.2 Å². The number of aryl methyl sites for hydroxylation is 1. The van der Waals surface area contributed by atoms with E-state index in [9.17, 15) is 9.90 Å². The van der Waals surface area contributed by atoms with E-state index in [4.69, 9.17) is 0 Å². The summed E-state index contributed by atoms with van der Waals surface area (Å²) < 4.78 is 0. The van der Waals surface area contributed by atoms with Gasteiger partial charge in [-0.15, -0.1) is 0 Å². The van der Waals surface area contributed by atoms with E-state index in [1.54, 1.807) is 11.8 Å². The van der Waals surface area contributed by atoms with Crippen LogP contribution in [0.15, 0.2) is 18.2 Å². The maximum absolute atomic E-state index is 12.3. The Morgan fingerprint density at radius 2 is 1.91 bits per heavy atom. The van der Waals surface area contributed by atoms with Crippen molar-refractivity contribution in [1.29, 1.82) is 0 Å². The summed E-state index contributed by atoms with van der Waals surface area (Å²) in [6.45, 7) is 8.44. The highest BCUT2D eigenvalue weighted by atomic mass is 16.3. The lowest BCUT2D eigenvalue weighted by Crippen LogP contribution is -2.46. The molecule has 0 aliphatic heterocycles. The number of hydrogen-bond acceptors (Lipinski definition) is 3. The Morgan fingerprint density at radius 3 is 2.36 bits per heavy atom. The first kappa shape index (κ1) is 18.3. The molecular formula is C17H29N3O2. The lowest BCUT2D eigenvalue weighted by molar-refractivity contribution is 0.118. The van der Waals surface area contributed by atoms with E-state index in [0.717, 1.165) is 16.8 Å². The summed E-state index contributed by atoms with van der Waals surface area (Å²) in [6, 6.07) is 6.10. The molecular weight excluding hydrogens is 278 g/mol. The van der Waals surface area contributed by atoms with Crippen molar-refractivity contribution < 1.29 is 9.90 Å². The Balaban J connectivity index is 2.70. The van der Waals surface area contributed by atoms with Crippen molar-refractivity contribution in [2.24, 2.45) is 0 Å². The number of carbonyl (C=O) groups is 1. The van der Waals surface area contributed by atoms with Crippen LogP contribution in [0.5, 0.6) is 0 Å². The molecule has 0 heterocycles. The van der Waals surface area contributed by atoms with Crippen molar-refractivity contribution >= 4 is 11.7 Å². The van der Waals surface area contributed by atoms with Crippen molar-refractivity contribution in [3.8, 4) is 0 Å². The Hall–Kier alpha value is -1.75. The first-order valence-electron chi connectivity index (χ1n) is 7.71. The molecule has 1 rings (SSSR count). The first-order chi connectivity index (χ1) is 10.2. The number of amides is 2. The molecule has 0 aromatic heterocycles. The van der Waals surface area contributed by atoms with Crippen LogP contribution in [0, 0.1) is 6.92 Å². The molecule has 1 atom stereocenters. The van der Waals surface area contributed by atoms with Gasteiger partial charge in [-0.1, -0.05) is 6.07 Å². The number of benzene rings is 1. The normalized spacial score (nSPS) is 12.2. The molecule has 0 fully saturated rings. The van der Waals surface area contributed by atoms with Gasteiger partial charge in [0, 0.05) is 38.9 Å². The summed E-state index contributed by atoms with van der Waals surface area (Å²) in [5, 5.41) is 12.4. The number of aliphatic hydroxyl groups excluding tert-OH is 1. The largest absolute Gasteiger partial charge is 0.392 e. The molecule has 1 aromatic rings. The van der Waals surface area contributed by atoms with Crippen LogP contribution in [-0.4, -0.2) is 48.8 Å². The van der Waals surface area contributed by atoms with Crippen LogP contribution in [0.3, 0.4) is 0 Å². The van der Waals surface area contributed by atoms with Crippen LogP contribution in [0.2, 0.25) is 0 Å². The summed E-state index contributed by atoms with van der Waals surface area (Å²) in [5.74, 6) is 0. The van der Waals surface area contributed by atoms with Gasteiger partial charge in [-0.25, -0.2) is 4.79 Å². The summed E-state index contributed by atoms with van der Waals surface area (Å²) in [5.41, 5.74) is 3.39. The van der Waals surface area contributed by atoms with Crippen molar-refractivity contribution in [2.45, 2.75) is 46.4 Å². The maximum Gasteiger partial charge on any atom is 0.317 e. The van der Waals surface area contributed by atoms with Gasteiger partial charge < -0.3 is 20.2 Å².